The summed E-state index contributed by atoms with van der Waals surface area (Å²) in [5, 5.41) is 0. The fourth-order valence-electron chi connectivity index (χ4n) is 3.72. The van der Waals surface area contributed by atoms with Gasteiger partial charge < -0.3 is 15.5 Å². The number of alkyl halides is 3. The van der Waals surface area contributed by atoms with Crippen LogP contribution < -0.4 is 10.6 Å². The number of nitrogens with two attached hydrogens (primary N) is 1. The van der Waals surface area contributed by atoms with Gasteiger partial charge in [0, 0.05) is 38.4 Å². The number of nitrogens with zero attached hydrogens (tertiary/aromatic N) is 4. The van der Waals surface area contributed by atoms with Crippen LogP contribution >= 0.6 is 0 Å². The zero-order valence-electron chi connectivity index (χ0n) is 15.4. The minimum absolute atomic E-state index is 0.0336. The molecule has 2 aliphatic rings. The van der Waals surface area contributed by atoms with Gasteiger partial charge in [-0.15, -0.1) is 0 Å². The van der Waals surface area contributed by atoms with Gasteiger partial charge in [-0.25, -0.2) is 9.97 Å². The summed E-state index contributed by atoms with van der Waals surface area (Å²) in [7, 11) is 0. The van der Waals surface area contributed by atoms with Gasteiger partial charge in [0.05, 0.1) is 5.41 Å². The van der Waals surface area contributed by atoms with Crippen molar-refractivity contribution in [3.63, 3.8) is 0 Å². The number of hydrogen-bond donors (Lipinski definition) is 1. The van der Waals surface area contributed by atoms with Crippen molar-refractivity contribution in [1.29, 1.82) is 0 Å². The first-order chi connectivity index (χ1) is 12.6. The van der Waals surface area contributed by atoms with Crippen molar-refractivity contribution in [2.24, 2.45) is 17.1 Å². The van der Waals surface area contributed by atoms with Crippen molar-refractivity contribution in [3.05, 3.63) is 30.1 Å². The number of carbonyl (C=O) groups is 1. The predicted octanol–water partition coefficient (Wildman–Crippen LogP) is 2.07. The van der Waals surface area contributed by atoms with Crippen LogP contribution in [0.25, 0.3) is 0 Å². The van der Waals surface area contributed by atoms with Gasteiger partial charge in [0.15, 0.2) is 0 Å². The molecule has 27 heavy (non-hydrogen) atoms. The van der Waals surface area contributed by atoms with Crippen molar-refractivity contribution in [2.75, 3.05) is 31.1 Å². The van der Waals surface area contributed by atoms with Crippen LogP contribution in [0, 0.1) is 11.3 Å². The lowest BCUT2D eigenvalue weighted by Crippen LogP contribution is -2.54. The molecule has 9 heteroatoms. The Morgan fingerprint density at radius 1 is 1.30 bits per heavy atom. The van der Waals surface area contributed by atoms with E-state index in [4.69, 9.17) is 5.73 Å². The molecule has 1 amide bonds. The molecule has 1 aliphatic carbocycles. The number of anilines is 1. The summed E-state index contributed by atoms with van der Waals surface area (Å²) in [4.78, 5) is 24.2. The topological polar surface area (TPSA) is 75.4 Å². The lowest BCUT2D eigenvalue weighted by atomic mass is 9.75. The SMILES string of the molecule is CC(C)[C@]1(C(=O)N2CCN(c3nccc(C(F)(F)F)n3)CC2)C=C[C@@H](N)C1. The lowest BCUT2D eigenvalue weighted by Gasteiger charge is -2.41. The van der Waals surface area contributed by atoms with Gasteiger partial charge in [-0.3, -0.25) is 4.79 Å². The quantitative estimate of drug-likeness (QED) is 0.809. The molecule has 1 saturated heterocycles. The molecule has 1 aromatic heterocycles. The van der Waals surface area contributed by atoms with E-state index in [9.17, 15) is 18.0 Å². The van der Waals surface area contributed by atoms with E-state index in [1.165, 1.54) is 0 Å². The highest BCUT2D eigenvalue weighted by Gasteiger charge is 2.46. The average Bonchev–Trinajstić information content (AvgIpc) is 3.04. The van der Waals surface area contributed by atoms with E-state index in [1.807, 2.05) is 26.0 Å². The minimum Gasteiger partial charge on any atom is -0.338 e. The molecule has 148 valence electrons. The van der Waals surface area contributed by atoms with Gasteiger partial charge in [0.1, 0.15) is 5.69 Å². The lowest BCUT2D eigenvalue weighted by molar-refractivity contribution is -0.142. The molecule has 3 rings (SSSR count). The highest BCUT2D eigenvalue weighted by Crippen LogP contribution is 2.41. The summed E-state index contributed by atoms with van der Waals surface area (Å²) in [6.07, 6.45) is 0.992. The Morgan fingerprint density at radius 2 is 1.96 bits per heavy atom. The Bertz CT molecular complexity index is 728. The van der Waals surface area contributed by atoms with E-state index >= 15 is 0 Å². The van der Waals surface area contributed by atoms with Crippen molar-refractivity contribution >= 4 is 11.9 Å². The second-order valence-corrected chi connectivity index (χ2v) is 7.44. The second-order valence-electron chi connectivity index (χ2n) is 7.44. The summed E-state index contributed by atoms with van der Waals surface area (Å²) < 4.78 is 38.5. The molecule has 0 aromatic carbocycles. The van der Waals surface area contributed by atoms with Crippen LogP contribution in [0.2, 0.25) is 0 Å². The Hall–Kier alpha value is -2.16. The molecule has 0 unspecified atom stereocenters. The van der Waals surface area contributed by atoms with E-state index in [0.717, 1.165) is 12.3 Å². The zero-order chi connectivity index (χ0) is 19.8. The smallest absolute Gasteiger partial charge is 0.338 e. The molecular formula is C18H24F3N5O. The Morgan fingerprint density at radius 3 is 2.48 bits per heavy atom. The molecule has 0 bridgehead atoms. The standard InChI is InChI=1S/C18H24F3N5O/c1-12(2)17(5-3-13(22)11-17)15(27)25-7-9-26(10-8-25)16-23-6-4-14(24-16)18(19,20)21/h3-6,12-13H,7-11,22H2,1-2H3/t13-,17+/m1/s1. The molecular weight excluding hydrogens is 359 g/mol. The summed E-state index contributed by atoms with van der Waals surface area (Å²) in [6.45, 7) is 5.61. The normalized spacial score (nSPS) is 26.1. The minimum atomic E-state index is -4.51. The maximum Gasteiger partial charge on any atom is 0.433 e. The highest BCUT2D eigenvalue weighted by molar-refractivity contribution is 5.86. The molecule has 6 nitrogen and oxygen atoms in total. The van der Waals surface area contributed by atoms with E-state index < -0.39 is 17.3 Å². The predicted molar refractivity (Wildman–Crippen MR) is 94.8 cm³/mol. The summed E-state index contributed by atoms with van der Waals surface area (Å²) in [5.74, 6) is 0.184. The Balaban J connectivity index is 1.69. The van der Waals surface area contributed by atoms with Gasteiger partial charge >= 0.3 is 6.18 Å². The van der Waals surface area contributed by atoms with Gasteiger partial charge in [-0.05, 0) is 18.4 Å². The van der Waals surface area contributed by atoms with Gasteiger partial charge in [-0.1, -0.05) is 26.0 Å². The first-order valence-electron chi connectivity index (χ1n) is 9.03. The molecule has 2 heterocycles. The molecule has 1 aromatic rings. The highest BCUT2D eigenvalue weighted by atomic mass is 19.4. The van der Waals surface area contributed by atoms with Gasteiger partial charge in [-0.2, -0.15) is 13.2 Å². The number of halogens is 3. The van der Waals surface area contributed by atoms with Crippen molar-refractivity contribution in [2.45, 2.75) is 32.5 Å². The maximum atomic E-state index is 13.2. The van der Waals surface area contributed by atoms with Crippen LogP contribution in [0.1, 0.15) is 26.0 Å². The fraction of sp³-hybridized carbons (Fsp3) is 0.611. The molecule has 0 saturated carbocycles. The van der Waals surface area contributed by atoms with E-state index in [1.54, 1.807) is 9.80 Å². The van der Waals surface area contributed by atoms with Crippen LogP contribution in [0.15, 0.2) is 24.4 Å². The number of carbonyl (C=O) groups excluding carboxylic acids is 1. The molecule has 1 fully saturated rings. The summed E-state index contributed by atoms with van der Waals surface area (Å²) >= 11 is 0. The molecule has 0 radical (unpaired) electrons. The van der Waals surface area contributed by atoms with E-state index in [-0.39, 0.29) is 23.8 Å². The van der Waals surface area contributed by atoms with Crippen LogP contribution in [0.3, 0.4) is 0 Å². The number of amides is 1. The van der Waals surface area contributed by atoms with Crippen LogP contribution in [0.4, 0.5) is 19.1 Å². The number of rotatable bonds is 3. The summed E-state index contributed by atoms with van der Waals surface area (Å²) in [6, 6.07) is 0.724. The van der Waals surface area contributed by atoms with Crippen molar-refractivity contribution < 1.29 is 18.0 Å². The largest absolute Gasteiger partial charge is 0.433 e. The van der Waals surface area contributed by atoms with Crippen LogP contribution in [-0.4, -0.2) is 53.0 Å². The third-order valence-electron chi connectivity index (χ3n) is 5.43. The van der Waals surface area contributed by atoms with Crippen molar-refractivity contribution in [3.8, 4) is 0 Å². The molecule has 2 atom stereocenters. The van der Waals surface area contributed by atoms with Crippen LogP contribution in [-0.2, 0) is 11.0 Å². The Kier molecular flexibility index (Phi) is 5.16. The maximum absolute atomic E-state index is 13.2. The Labute approximate surface area is 156 Å². The van der Waals surface area contributed by atoms with E-state index in [2.05, 4.69) is 9.97 Å². The second kappa shape index (κ2) is 7.10. The number of aromatic nitrogens is 2. The monoisotopic (exact) mass is 383 g/mol. The first-order valence-corrected chi connectivity index (χ1v) is 9.03. The van der Waals surface area contributed by atoms with Gasteiger partial charge in [0.2, 0.25) is 11.9 Å². The molecule has 1 aliphatic heterocycles. The van der Waals surface area contributed by atoms with Crippen molar-refractivity contribution in [1.82, 2.24) is 14.9 Å². The third-order valence-corrected chi connectivity index (χ3v) is 5.43. The van der Waals surface area contributed by atoms with Gasteiger partial charge in [0.25, 0.3) is 0 Å². The third kappa shape index (κ3) is 3.78. The zero-order valence-corrected chi connectivity index (χ0v) is 15.4. The fourth-order valence-corrected chi connectivity index (χ4v) is 3.72. The average molecular weight is 383 g/mol. The van der Waals surface area contributed by atoms with Crippen LogP contribution in [0.5, 0.6) is 0 Å². The number of hydrogen-bond acceptors (Lipinski definition) is 5. The number of piperazine rings is 1. The first kappa shape index (κ1) is 19.6. The van der Waals surface area contributed by atoms with E-state index in [0.29, 0.717) is 32.6 Å². The molecule has 2 N–H and O–H groups in total. The molecule has 0 spiro atoms. The summed E-state index contributed by atoms with van der Waals surface area (Å²) in [5.41, 5.74) is 4.42.